The van der Waals surface area contributed by atoms with E-state index in [-0.39, 0.29) is 6.04 Å². The van der Waals surface area contributed by atoms with E-state index >= 15 is 0 Å². The monoisotopic (exact) mass is 361 g/mol. The number of benzene rings is 1. The number of aryl methyl sites for hydroxylation is 1. The number of anilines is 1. The lowest BCUT2D eigenvalue weighted by Gasteiger charge is -2.16. The Morgan fingerprint density at radius 3 is 2.76 bits per heavy atom. The summed E-state index contributed by atoms with van der Waals surface area (Å²) in [5.41, 5.74) is 2.24. The first-order valence-corrected chi connectivity index (χ1v) is 6.73. The molecule has 0 saturated carbocycles. The average molecular weight is 362 g/mol. The highest BCUT2D eigenvalue weighted by Gasteiger charge is 2.10. The first-order chi connectivity index (χ1) is 8.08. The zero-order chi connectivity index (χ0) is 12.4. The second-order valence-electron chi connectivity index (χ2n) is 3.87. The van der Waals surface area contributed by atoms with Crippen LogP contribution in [0.15, 0.2) is 30.5 Å². The number of nitrogens with one attached hydrogen (secondary N) is 1. The molecule has 1 unspecified atom stereocenters. The summed E-state index contributed by atoms with van der Waals surface area (Å²) in [5, 5.41) is 8.38. The molecule has 5 heteroatoms. The fourth-order valence-corrected chi connectivity index (χ4v) is 2.75. The van der Waals surface area contributed by atoms with Crippen LogP contribution in [-0.4, -0.2) is 9.78 Å². The van der Waals surface area contributed by atoms with Crippen molar-refractivity contribution in [3.63, 3.8) is 0 Å². The van der Waals surface area contributed by atoms with Crippen molar-refractivity contribution in [3.05, 3.63) is 44.7 Å². The molecule has 90 valence electrons. The van der Waals surface area contributed by atoms with Gasteiger partial charge in [-0.15, -0.1) is 0 Å². The van der Waals surface area contributed by atoms with Gasteiger partial charge in [0.15, 0.2) is 0 Å². The maximum atomic E-state index is 5.93. The predicted molar refractivity (Wildman–Crippen MR) is 79.4 cm³/mol. The van der Waals surface area contributed by atoms with Gasteiger partial charge in [0, 0.05) is 27.5 Å². The lowest BCUT2D eigenvalue weighted by molar-refractivity contribution is 0.675. The summed E-state index contributed by atoms with van der Waals surface area (Å²) in [6.45, 7) is 2.11. The molecule has 1 heterocycles. The maximum Gasteiger partial charge on any atom is 0.0654 e. The van der Waals surface area contributed by atoms with Crippen LogP contribution in [0.3, 0.4) is 0 Å². The van der Waals surface area contributed by atoms with Gasteiger partial charge in [-0.05, 0) is 53.8 Å². The Morgan fingerprint density at radius 1 is 1.41 bits per heavy atom. The Morgan fingerprint density at radius 2 is 2.18 bits per heavy atom. The van der Waals surface area contributed by atoms with Crippen LogP contribution >= 0.6 is 34.2 Å². The van der Waals surface area contributed by atoms with Crippen molar-refractivity contribution >= 4 is 39.9 Å². The van der Waals surface area contributed by atoms with Crippen molar-refractivity contribution in [1.82, 2.24) is 9.78 Å². The number of aromatic nitrogens is 2. The molecule has 0 bridgehead atoms. The van der Waals surface area contributed by atoms with Crippen molar-refractivity contribution in [1.29, 1.82) is 0 Å². The third-order valence-electron chi connectivity index (χ3n) is 2.61. The fourth-order valence-electron chi connectivity index (χ4n) is 1.72. The maximum absolute atomic E-state index is 5.93. The molecule has 2 aromatic rings. The van der Waals surface area contributed by atoms with Crippen LogP contribution in [0.1, 0.15) is 18.7 Å². The molecule has 17 heavy (non-hydrogen) atoms. The smallest absolute Gasteiger partial charge is 0.0654 e. The standard InChI is InChI=1S/C12H13ClIN3/c1-8(12-5-6-15-17(12)2)16-11-4-3-9(13)7-10(11)14/h3-8,16H,1-2H3. The van der Waals surface area contributed by atoms with Crippen molar-refractivity contribution in [2.24, 2.45) is 7.05 Å². The number of hydrogen-bond donors (Lipinski definition) is 1. The molecule has 1 aromatic heterocycles. The van der Waals surface area contributed by atoms with Crippen LogP contribution in [0.2, 0.25) is 5.02 Å². The molecular weight excluding hydrogens is 349 g/mol. The summed E-state index contributed by atoms with van der Waals surface area (Å²) in [4.78, 5) is 0. The number of halogens is 2. The van der Waals surface area contributed by atoms with Crippen molar-refractivity contribution < 1.29 is 0 Å². The molecule has 0 radical (unpaired) electrons. The molecule has 0 saturated heterocycles. The zero-order valence-electron chi connectivity index (χ0n) is 9.61. The topological polar surface area (TPSA) is 29.9 Å². The van der Waals surface area contributed by atoms with E-state index in [2.05, 4.69) is 39.9 Å². The molecular formula is C12H13ClIN3. The summed E-state index contributed by atoms with van der Waals surface area (Å²) in [6, 6.07) is 8.05. The Kier molecular flexibility index (Phi) is 3.93. The van der Waals surface area contributed by atoms with E-state index in [1.807, 2.05) is 36.0 Å². The summed E-state index contributed by atoms with van der Waals surface area (Å²) in [5.74, 6) is 0. The molecule has 0 spiro atoms. The molecule has 0 fully saturated rings. The molecule has 3 nitrogen and oxygen atoms in total. The van der Waals surface area contributed by atoms with Crippen LogP contribution in [0, 0.1) is 3.57 Å². The van der Waals surface area contributed by atoms with E-state index < -0.39 is 0 Å². The van der Waals surface area contributed by atoms with Gasteiger partial charge >= 0.3 is 0 Å². The Balaban J connectivity index is 2.19. The van der Waals surface area contributed by atoms with Crippen molar-refractivity contribution in [3.8, 4) is 0 Å². The van der Waals surface area contributed by atoms with Crippen molar-refractivity contribution in [2.45, 2.75) is 13.0 Å². The van der Waals surface area contributed by atoms with Crippen LogP contribution in [0.4, 0.5) is 5.69 Å². The second-order valence-corrected chi connectivity index (χ2v) is 5.47. The second kappa shape index (κ2) is 5.27. The number of nitrogens with zero attached hydrogens (tertiary/aromatic N) is 2. The third-order valence-corrected chi connectivity index (χ3v) is 3.73. The molecule has 1 atom stereocenters. The van der Waals surface area contributed by atoms with Crippen LogP contribution in [0.25, 0.3) is 0 Å². The quantitative estimate of drug-likeness (QED) is 0.842. The number of rotatable bonds is 3. The van der Waals surface area contributed by atoms with Gasteiger partial charge in [0.25, 0.3) is 0 Å². The van der Waals surface area contributed by atoms with E-state index in [0.29, 0.717) is 0 Å². The lowest BCUT2D eigenvalue weighted by atomic mass is 10.2. The first-order valence-electron chi connectivity index (χ1n) is 5.27. The normalized spacial score (nSPS) is 12.5. The minimum absolute atomic E-state index is 0.206. The van der Waals surface area contributed by atoms with Gasteiger partial charge in [0.2, 0.25) is 0 Å². The molecule has 1 aromatic carbocycles. The van der Waals surface area contributed by atoms with Gasteiger partial charge in [-0.3, -0.25) is 4.68 Å². The molecule has 0 aliphatic heterocycles. The summed E-state index contributed by atoms with van der Waals surface area (Å²) >= 11 is 8.21. The van der Waals surface area contributed by atoms with Gasteiger partial charge in [-0.2, -0.15) is 5.10 Å². The SMILES string of the molecule is CC(Nc1ccc(Cl)cc1I)c1ccnn1C. The van der Waals surface area contributed by atoms with Gasteiger partial charge in [0.05, 0.1) is 11.7 Å². The fraction of sp³-hybridized carbons (Fsp3) is 0.250. The number of hydrogen-bond acceptors (Lipinski definition) is 2. The minimum Gasteiger partial charge on any atom is -0.376 e. The van der Waals surface area contributed by atoms with E-state index in [0.717, 1.165) is 20.0 Å². The molecule has 0 aliphatic carbocycles. The van der Waals surface area contributed by atoms with Gasteiger partial charge in [-0.1, -0.05) is 11.6 Å². The van der Waals surface area contributed by atoms with Gasteiger partial charge in [-0.25, -0.2) is 0 Å². The molecule has 2 rings (SSSR count). The van der Waals surface area contributed by atoms with E-state index in [1.54, 1.807) is 6.20 Å². The van der Waals surface area contributed by atoms with Gasteiger partial charge in [0.1, 0.15) is 0 Å². The third kappa shape index (κ3) is 2.93. The summed E-state index contributed by atoms with van der Waals surface area (Å²) in [6.07, 6.45) is 1.81. The van der Waals surface area contributed by atoms with Gasteiger partial charge < -0.3 is 5.32 Å². The summed E-state index contributed by atoms with van der Waals surface area (Å²) in [7, 11) is 1.94. The molecule has 1 N–H and O–H groups in total. The van der Waals surface area contributed by atoms with Crippen molar-refractivity contribution in [2.75, 3.05) is 5.32 Å². The highest BCUT2D eigenvalue weighted by atomic mass is 127. The Labute approximate surface area is 119 Å². The van der Waals surface area contributed by atoms with Crippen LogP contribution in [-0.2, 0) is 7.05 Å². The summed E-state index contributed by atoms with van der Waals surface area (Å²) < 4.78 is 2.99. The van der Waals surface area contributed by atoms with Crippen LogP contribution in [0.5, 0.6) is 0 Å². The zero-order valence-corrected chi connectivity index (χ0v) is 12.5. The minimum atomic E-state index is 0.206. The first kappa shape index (κ1) is 12.7. The molecule has 0 aliphatic rings. The van der Waals surface area contributed by atoms with E-state index in [1.165, 1.54) is 0 Å². The Bertz CT molecular complexity index is 524. The predicted octanol–water partition coefficient (Wildman–Crippen LogP) is 3.85. The van der Waals surface area contributed by atoms with Crippen LogP contribution < -0.4 is 5.32 Å². The highest BCUT2D eigenvalue weighted by Crippen LogP contribution is 2.26. The van der Waals surface area contributed by atoms with E-state index in [9.17, 15) is 0 Å². The lowest BCUT2D eigenvalue weighted by Crippen LogP contribution is -2.12. The molecule has 0 amide bonds. The largest absolute Gasteiger partial charge is 0.376 e. The Hall–Kier alpha value is -0.750. The van der Waals surface area contributed by atoms with E-state index in [4.69, 9.17) is 11.6 Å². The highest BCUT2D eigenvalue weighted by molar-refractivity contribution is 14.1. The average Bonchev–Trinajstić information content (AvgIpc) is 2.68.